The molecule has 5 rings (SSSR count). The molecule has 11 heteroatoms. The molecule has 0 bridgehead atoms. The quantitative estimate of drug-likeness (QED) is 0.590. The van der Waals surface area contributed by atoms with E-state index in [9.17, 15) is 18.3 Å². The lowest BCUT2D eigenvalue weighted by atomic mass is 9.78. The summed E-state index contributed by atoms with van der Waals surface area (Å²) in [5, 5.41) is 10.6. The molecule has 1 amide bonds. The molecule has 2 N–H and O–H groups in total. The van der Waals surface area contributed by atoms with Crippen molar-refractivity contribution < 1.29 is 23.1 Å². The van der Waals surface area contributed by atoms with Crippen molar-refractivity contribution in [3.05, 3.63) is 48.0 Å². The summed E-state index contributed by atoms with van der Waals surface area (Å²) in [4.78, 5) is 24.9. The topological polar surface area (TPSA) is 125 Å². The number of aromatic nitrogens is 2. The Labute approximate surface area is 224 Å². The van der Waals surface area contributed by atoms with Crippen LogP contribution < -0.4 is 9.46 Å². The number of likely N-dealkylation sites (tertiary alicyclic amines) is 1. The van der Waals surface area contributed by atoms with E-state index >= 15 is 0 Å². The van der Waals surface area contributed by atoms with Crippen LogP contribution in [0.15, 0.2) is 41.8 Å². The van der Waals surface area contributed by atoms with E-state index in [1.807, 2.05) is 29.0 Å². The van der Waals surface area contributed by atoms with Gasteiger partial charge in [0.25, 0.3) is 5.91 Å². The molecule has 1 unspecified atom stereocenters. The Morgan fingerprint density at radius 1 is 1.16 bits per heavy atom. The van der Waals surface area contributed by atoms with Crippen molar-refractivity contribution in [2.75, 3.05) is 46.4 Å². The van der Waals surface area contributed by atoms with E-state index in [4.69, 9.17) is 4.74 Å². The first-order chi connectivity index (χ1) is 18.2. The highest BCUT2D eigenvalue weighted by molar-refractivity contribution is 7.89. The molecule has 1 saturated carbocycles. The number of carbonyl (C=O) groups is 1. The number of ether oxygens (including phenoxy) is 1. The average molecular weight is 544 g/mol. The highest BCUT2D eigenvalue weighted by Crippen LogP contribution is 2.39. The van der Waals surface area contributed by atoms with Crippen LogP contribution in [0.25, 0.3) is 0 Å². The molecule has 1 saturated heterocycles. The Kier molecular flexibility index (Phi) is 7.99. The summed E-state index contributed by atoms with van der Waals surface area (Å²) in [6.45, 7) is 2.31. The van der Waals surface area contributed by atoms with Crippen molar-refractivity contribution in [2.45, 2.75) is 55.4 Å². The van der Waals surface area contributed by atoms with Gasteiger partial charge in [0.05, 0.1) is 18.3 Å². The molecule has 2 aromatic rings. The van der Waals surface area contributed by atoms with Gasteiger partial charge in [-0.2, -0.15) is 0 Å². The van der Waals surface area contributed by atoms with E-state index in [-0.39, 0.29) is 22.8 Å². The van der Waals surface area contributed by atoms with Crippen LogP contribution in [0.5, 0.6) is 5.75 Å². The highest BCUT2D eigenvalue weighted by atomic mass is 32.2. The number of likely N-dealkylation sites (N-methyl/N-ethyl adjacent to an activating group) is 1. The number of piperidine rings is 1. The number of rotatable bonds is 2. The van der Waals surface area contributed by atoms with Crippen LogP contribution in [0.4, 0.5) is 0 Å². The lowest BCUT2D eigenvalue weighted by Crippen LogP contribution is -2.51. The predicted octanol–water partition coefficient (Wildman–Crippen LogP) is 2.02. The van der Waals surface area contributed by atoms with Gasteiger partial charge < -0.3 is 19.6 Å². The largest absolute Gasteiger partial charge is 0.492 e. The Morgan fingerprint density at radius 2 is 1.87 bits per heavy atom. The van der Waals surface area contributed by atoms with E-state index in [1.54, 1.807) is 6.07 Å². The van der Waals surface area contributed by atoms with Gasteiger partial charge in [-0.15, -0.1) is 0 Å². The maximum atomic E-state index is 13.2. The number of nitrogens with one attached hydrogen (secondary N) is 1. The number of fused-ring (bicyclic) bond motifs is 1. The number of hydrogen-bond donors (Lipinski definition) is 2. The zero-order valence-corrected chi connectivity index (χ0v) is 22.7. The van der Waals surface area contributed by atoms with Gasteiger partial charge in [0.1, 0.15) is 17.0 Å². The number of β-amino-alcohol motifs (C(OH)–C–C–N with tert-alkyl or cyclic N) is 1. The number of nitrogens with zero attached hydrogens (tertiary/aromatic N) is 4. The summed E-state index contributed by atoms with van der Waals surface area (Å²) in [5.74, 6) is 0.681. The van der Waals surface area contributed by atoms with E-state index in [2.05, 4.69) is 14.7 Å². The second-order valence-electron chi connectivity index (χ2n) is 11.1. The summed E-state index contributed by atoms with van der Waals surface area (Å²) < 4.78 is 35.4. The van der Waals surface area contributed by atoms with Gasteiger partial charge in [-0.1, -0.05) is 18.9 Å². The van der Waals surface area contributed by atoms with Crippen molar-refractivity contribution in [1.29, 1.82) is 0 Å². The monoisotopic (exact) mass is 543 g/mol. The van der Waals surface area contributed by atoms with Gasteiger partial charge in [-0.05, 0) is 56.3 Å². The molecule has 2 fully saturated rings. The molecule has 3 heterocycles. The van der Waals surface area contributed by atoms with Gasteiger partial charge in [0.15, 0.2) is 0 Å². The second kappa shape index (κ2) is 11.3. The van der Waals surface area contributed by atoms with Crippen LogP contribution in [0.1, 0.15) is 60.4 Å². The maximum Gasteiger partial charge on any atom is 0.256 e. The average Bonchev–Trinajstić information content (AvgIpc) is 3.46. The third kappa shape index (κ3) is 6.01. The second-order valence-corrected chi connectivity index (χ2v) is 12.8. The van der Waals surface area contributed by atoms with Crippen LogP contribution in [-0.2, 0) is 10.0 Å². The van der Waals surface area contributed by atoms with Crippen molar-refractivity contribution in [2.24, 2.45) is 5.41 Å². The summed E-state index contributed by atoms with van der Waals surface area (Å²) in [6.07, 6.45) is 9.55. The van der Waals surface area contributed by atoms with E-state index < -0.39 is 16.1 Å². The maximum absolute atomic E-state index is 13.2. The normalized spacial score (nSPS) is 24.7. The van der Waals surface area contributed by atoms with Gasteiger partial charge in [-0.3, -0.25) is 4.79 Å². The van der Waals surface area contributed by atoms with E-state index in [0.717, 1.165) is 18.4 Å². The summed E-state index contributed by atoms with van der Waals surface area (Å²) in [6, 6.07) is 5.45. The van der Waals surface area contributed by atoms with Crippen LogP contribution in [-0.4, -0.2) is 91.7 Å². The van der Waals surface area contributed by atoms with Crippen LogP contribution in [0.2, 0.25) is 0 Å². The predicted molar refractivity (Wildman–Crippen MR) is 141 cm³/mol. The van der Waals surface area contributed by atoms with Gasteiger partial charge in [0, 0.05) is 50.5 Å². The number of amides is 1. The lowest BCUT2D eigenvalue weighted by Gasteiger charge is -2.44. The number of hydrogen-bond acceptors (Lipinski definition) is 8. The third-order valence-electron chi connectivity index (χ3n) is 8.17. The van der Waals surface area contributed by atoms with Crippen LogP contribution >= 0.6 is 0 Å². The van der Waals surface area contributed by atoms with Crippen LogP contribution in [0, 0.1) is 5.41 Å². The standard InChI is InChI=1S/C27H37N5O5S/c1-31-16-23(33)15-30-38(35,36)25-7-6-21(20-4-2-3-5-20)12-24(25)37-18-27(17-31)8-10-32(11-9-27)26(34)22-13-28-19-29-14-22/h6-7,12-14,19-20,23,30,33H,2-5,8-11,15-18H2,1H3. The Hall–Kier alpha value is -2.60. The van der Waals surface area contributed by atoms with Crippen LogP contribution in [0.3, 0.4) is 0 Å². The molecule has 1 atom stereocenters. The first-order valence-corrected chi connectivity index (χ1v) is 14.9. The molecule has 0 radical (unpaired) electrons. The minimum atomic E-state index is -3.87. The molecular formula is C27H37N5O5S. The molecule has 1 aromatic heterocycles. The Bertz CT molecular complexity index is 1230. The first-order valence-electron chi connectivity index (χ1n) is 13.4. The zero-order chi connectivity index (χ0) is 26.8. The van der Waals surface area contributed by atoms with Crippen molar-refractivity contribution in [1.82, 2.24) is 24.5 Å². The van der Waals surface area contributed by atoms with E-state index in [1.165, 1.54) is 31.6 Å². The fourth-order valence-electron chi connectivity index (χ4n) is 6.07. The lowest BCUT2D eigenvalue weighted by molar-refractivity contribution is 0.0159. The minimum absolute atomic E-state index is 0.0785. The number of carbonyl (C=O) groups excluding carboxylic acids is 1. The van der Waals surface area contributed by atoms with Gasteiger partial charge in [-0.25, -0.2) is 23.1 Å². The number of aliphatic hydroxyl groups is 1. The Morgan fingerprint density at radius 3 is 2.58 bits per heavy atom. The smallest absolute Gasteiger partial charge is 0.256 e. The SMILES string of the molecule is CN1CC(O)CNS(=O)(=O)c2ccc(C3CCCC3)cc2OCC2(CCN(C(=O)c3cncnc3)CC2)C1. The Balaban J connectivity index is 1.41. The first kappa shape index (κ1) is 27.0. The highest BCUT2D eigenvalue weighted by Gasteiger charge is 2.39. The van der Waals surface area contributed by atoms with Crippen molar-refractivity contribution in [3.63, 3.8) is 0 Å². The zero-order valence-electron chi connectivity index (χ0n) is 21.9. The molecule has 38 heavy (non-hydrogen) atoms. The summed E-state index contributed by atoms with van der Waals surface area (Å²) in [7, 11) is -1.94. The molecule has 1 spiro atoms. The number of sulfonamides is 1. The summed E-state index contributed by atoms with van der Waals surface area (Å²) >= 11 is 0. The molecule has 1 aromatic carbocycles. The van der Waals surface area contributed by atoms with Crippen molar-refractivity contribution in [3.8, 4) is 5.75 Å². The van der Waals surface area contributed by atoms with E-state index in [0.29, 0.717) is 62.9 Å². The molecule has 10 nitrogen and oxygen atoms in total. The number of aliphatic hydroxyl groups excluding tert-OH is 1. The molecule has 1 aliphatic carbocycles. The molecule has 3 aliphatic rings. The molecule has 2 aliphatic heterocycles. The summed E-state index contributed by atoms with van der Waals surface area (Å²) in [5.41, 5.74) is 1.26. The number of benzene rings is 1. The fraction of sp³-hybridized carbons (Fsp3) is 0.593. The van der Waals surface area contributed by atoms with Gasteiger partial charge >= 0.3 is 0 Å². The van der Waals surface area contributed by atoms with Gasteiger partial charge in [0.2, 0.25) is 10.0 Å². The molecule has 206 valence electrons. The van der Waals surface area contributed by atoms with Crippen molar-refractivity contribution >= 4 is 15.9 Å². The third-order valence-corrected chi connectivity index (χ3v) is 9.64. The minimum Gasteiger partial charge on any atom is -0.492 e. The molecular weight excluding hydrogens is 506 g/mol. The fourth-order valence-corrected chi connectivity index (χ4v) is 7.27.